The lowest BCUT2D eigenvalue weighted by Gasteiger charge is -2.09. The highest BCUT2D eigenvalue weighted by atomic mass is 14.1. The second-order valence-corrected chi connectivity index (χ2v) is 3.34. The van der Waals surface area contributed by atoms with Crippen molar-refractivity contribution in [3.05, 3.63) is 67.6 Å². The molecule has 0 aliphatic rings. The van der Waals surface area contributed by atoms with Gasteiger partial charge in [0.25, 0.3) is 0 Å². The van der Waals surface area contributed by atoms with Crippen LogP contribution in [0.1, 0.15) is 11.5 Å². The van der Waals surface area contributed by atoms with E-state index < -0.39 is 0 Å². The minimum absolute atomic E-state index is 0.148. The van der Waals surface area contributed by atoms with E-state index in [4.69, 9.17) is 0 Å². The number of benzene rings is 2. The highest BCUT2D eigenvalue weighted by Gasteiger charge is 2.04. The molecule has 0 heteroatoms. The van der Waals surface area contributed by atoms with Crippen LogP contribution in [0.5, 0.6) is 0 Å². The van der Waals surface area contributed by atoms with Gasteiger partial charge in [-0.1, -0.05) is 36.4 Å². The predicted octanol–water partition coefficient (Wildman–Crippen LogP) is 3.74. The van der Waals surface area contributed by atoms with Crippen LogP contribution in [0.2, 0.25) is 0 Å². The lowest BCUT2D eigenvalue weighted by atomic mass is 9.95. The number of hydrogen-bond donors (Lipinski definition) is 0. The lowest BCUT2D eigenvalue weighted by Crippen LogP contribution is -1.90. The van der Waals surface area contributed by atoms with Gasteiger partial charge in [0, 0.05) is 5.92 Å². The van der Waals surface area contributed by atoms with E-state index in [0.717, 1.165) is 0 Å². The Bertz CT molecular complexity index is 449. The van der Waals surface area contributed by atoms with Crippen molar-refractivity contribution in [1.82, 2.24) is 0 Å². The lowest BCUT2D eigenvalue weighted by molar-refractivity contribution is 1.10. The Morgan fingerprint density at radius 1 is 1.29 bits per heavy atom. The van der Waals surface area contributed by atoms with Gasteiger partial charge in [-0.25, -0.2) is 0 Å². The summed E-state index contributed by atoms with van der Waals surface area (Å²) in [5.41, 5.74) is 1.22. The van der Waals surface area contributed by atoms with Gasteiger partial charge in [-0.15, -0.1) is 6.58 Å². The zero-order valence-corrected chi connectivity index (χ0v) is 8.03. The number of rotatable bonds is 2. The molecular weight excluding hydrogens is 168 g/mol. The van der Waals surface area contributed by atoms with Crippen LogP contribution in [-0.2, 0) is 0 Å². The Morgan fingerprint density at radius 3 is 2.93 bits per heavy atom. The molecule has 0 aliphatic heterocycles. The molecule has 0 saturated heterocycles. The van der Waals surface area contributed by atoms with Gasteiger partial charge in [-0.05, 0) is 35.4 Å². The van der Waals surface area contributed by atoms with Crippen LogP contribution < -0.4 is 0 Å². The summed E-state index contributed by atoms with van der Waals surface area (Å²) in [7, 11) is 0. The average Bonchev–Trinajstić information content (AvgIpc) is 2.27. The molecule has 2 aromatic rings. The van der Waals surface area contributed by atoms with Gasteiger partial charge in [0.15, 0.2) is 0 Å². The zero-order chi connectivity index (χ0) is 9.97. The van der Waals surface area contributed by atoms with Gasteiger partial charge in [-0.3, -0.25) is 0 Å². The first-order chi connectivity index (χ1) is 6.83. The molecule has 0 nitrogen and oxygen atoms in total. The maximum atomic E-state index is 4.04. The fourth-order valence-corrected chi connectivity index (χ4v) is 1.63. The first kappa shape index (κ1) is 9.01. The fraction of sp³-hybridized carbons (Fsp3) is 0.0714. The van der Waals surface area contributed by atoms with Gasteiger partial charge in [-0.2, -0.15) is 0 Å². The Labute approximate surface area is 84.9 Å². The number of hydrogen-bond acceptors (Lipinski definition) is 0. The van der Waals surface area contributed by atoms with Crippen molar-refractivity contribution in [2.45, 2.75) is 5.92 Å². The van der Waals surface area contributed by atoms with Crippen molar-refractivity contribution < 1.29 is 0 Å². The highest BCUT2D eigenvalue weighted by molar-refractivity contribution is 5.86. The van der Waals surface area contributed by atoms with Gasteiger partial charge < -0.3 is 0 Å². The molecule has 0 heterocycles. The second-order valence-electron chi connectivity index (χ2n) is 3.34. The smallest absolute Gasteiger partial charge is 0.00217 e. The molecule has 68 valence electrons. The van der Waals surface area contributed by atoms with Crippen LogP contribution >= 0.6 is 0 Å². The monoisotopic (exact) mass is 180 g/mol. The van der Waals surface area contributed by atoms with Crippen LogP contribution in [0.3, 0.4) is 0 Å². The Kier molecular flexibility index (Phi) is 2.36. The summed E-state index contributed by atoms with van der Waals surface area (Å²) in [6.45, 7) is 7.82. The number of allylic oxidation sites excluding steroid dienone is 1. The van der Waals surface area contributed by atoms with Crippen LogP contribution in [0.25, 0.3) is 10.8 Å². The molecule has 2 aromatic carbocycles. The predicted molar refractivity (Wildman–Crippen MR) is 61.1 cm³/mol. The minimum atomic E-state index is 0.148. The minimum Gasteiger partial charge on any atom is -0.102 e. The summed E-state index contributed by atoms with van der Waals surface area (Å²) in [5.74, 6) is 0.148. The van der Waals surface area contributed by atoms with E-state index in [1.165, 1.54) is 16.3 Å². The molecule has 1 atom stereocenters. The Hall–Kier alpha value is -1.56. The third-order valence-corrected chi connectivity index (χ3v) is 2.44. The molecule has 2 rings (SSSR count). The maximum absolute atomic E-state index is 4.04. The van der Waals surface area contributed by atoms with E-state index in [2.05, 4.69) is 43.8 Å². The molecule has 0 saturated carbocycles. The maximum Gasteiger partial charge on any atom is 0.00217 e. The molecule has 0 fully saturated rings. The van der Waals surface area contributed by atoms with Gasteiger partial charge >= 0.3 is 0 Å². The van der Waals surface area contributed by atoms with E-state index in [9.17, 15) is 0 Å². The third kappa shape index (κ3) is 1.44. The normalized spacial score (nSPS) is 12.6. The summed E-state index contributed by atoms with van der Waals surface area (Å²) in [6.07, 6.45) is 1.86. The molecule has 0 aliphatic carbocycles. The first-order valence-electron chi connectivity index (χ1n) is 4.67. The summed E-state index contributed by atoms with van der Waals surface area (Å²) in [6, 6.07) is 15.3. The van der Waals surface area contributed by atoms with E-state index in [1.807, 2.05) is 18.2 Å². The largest absolute Gasteiger partial charge is 0.102 e. The molecule has 0 aromatic heterocycles. The molecule has 1 unspecified atom stereocenters. The van der Waals surface area contributed by atoms with Crippen LogP contribution in [0.4, 0.5) is 0 Å². The molecule has 0 spiro atoms. The molecule has 14 heavy (non-hydrogen) atoms. The summed E-state index contributed by atoms with van der Waals surface area (Å²) >= 11 is 0. The highest BCUT2D eigenvalue weighted by Crippen LogP contribution is 2.25. The fourth-order valence-electron chi connectivity index (χ4n) is 1.63. The van der Waals surface area contributed by atoms with E-state index in [-0.39, 0.29) is 5.92 Å². The van der Waals surface area contributed by atoms with Gasteiger partial charge in [0.05, 0.1) is 0 Å². The van der Waals surface area contributed by atoms with Crippen molar-refractivity contribution in [2.24, 2.45) is 0 Å². The van der Waals surface area contributed by atoms with Crippen molar-refractivity contribution in [3.8, 4) is 0 Å². The third-order valence-electron chi connectivity index (χ3n) is 2.44. The topological polar surface area (TPSA) is 0 Å². The van der Waals surface area contributed by atoms with Crippen molar-refractivity contribution in [1.29, 1.82) is 0 Å². The molecule has 2 radical (unpaired) electrons. The van der Waals surface area contributed by atoms with E-state index in [1.54, 1.807) is 0 Å². The Morgan fingerprint density at radius 2 is 2.14 bits per heavy atom. The van der Waals surface area contributed by atoms with E-state index in [0.29, 0.717) is 0 Å². The van der Waals surface area contributed by atoms with Crippen molar-refractivity contribution >= 4 is 10.8 Å². The molecular formula is C14H12. The van der Waals surface area contributed by atoms with Crippen LogP contribution in [0.15, 0.2) is 49.1 Å². The van der Waals surface area contributed by atoms with Crippen LogP contribution in [-0.4, -0.2) is 0 Å². The van der Waals surface area contributed by atoms with E-state index >= 15 is 0 Å². The summed E-state index contributed by atoms with van der Waals surface area (Å²) < 4.78 is 0. The van der Waals surface area contributed by atoms with Crippen LogP contribution in [0, 0.1) is 13.0 Å². The number of fused-ring (bicyclic) bond motifs is 1. The molecule has 0 N–H and O–H groups in total. The summed E-state index contributed by atoms with van der Waals surface area (Å²) in [4.78, 5) is 0. The zero-order valence-electron chi connectivity index (χ0n) is 8.03. The first-order valence-corrected chi connectivity index (χ1v) is 4.67. The quantitative estimate of drug-likeness (QED) is 0.617. The van der Waals surface area contributed by atoms with Gasteiger partial charge in [0.1, 0.15) is 0 Å². The SMILES string of the molecule is [CH2]C(C=C)c1cccc2cc[c]cc12. The van der Waals surface area contributed by atoms with Gasteiger partial charge in [0.2, 0.25) is 0 Å². The summed E-state index contributed by atoms with van der Waals surface area (Å²) in [5, 5.41) is 2.45. The molecule has 0 amide bonds. The second kappa shape index (κ2) is 3.67. The molecule has 0 bridgehead atoms. The average molecular weight is 180 g/mol. The van der Waals surface area contributed by atoms with Crippen molar-refractivity contribution in [3.63, 3.8) is 0 Å². The standard InChI is InChI=1S/C14H12/c1-3-11(2)13-10-6-8-12-7-4-5-9-14(12)13/h3-4,6-11H,1-2H2. The Balaban J connectivity index is 2.70. The van der Waals surface area contributed by atoms with Crippen molar-refractivity contribution in [2.75, 3.05) is 0 Å².